The topological polar surface area (TPSA) is 64.4 Å². The van der Waals surface area contributed by atoms with Gasteiger partial charge in [-0.1, -0.05) is 38.1 Å². The van der Waals surface area contributed by atoms with Crippen molar-refractivity contribution in [1.82, 2.24) is 5.32 Å². The monoisotopic (exact) mass is 368 g/mol. The van der Waals surface area contributed by atoms with Gasteiger partial charge in [0.2, 0.25) is 5.91 Å². The van der Waals surface area contributed by atoms with Crippen molar-refractivity contribution in [2.45, 2.75) is 45.6 Å². The van der Waals surface area contributed by atoms with Crippen molar-refractivity contribution in [2.24, 2.45) is 11.7 Å². The van der Waals surface area contributed by atoms with E-state index in [4.69, 9.17) is 5.73 Å². The van der Waals surface area contributed by atoms with Gasteiger partial charge in [-0.15, -0.1) is 12.4 Å². The average molecular weight is 369 g/mol. The van der Waals surface area contributed by atoms with Crippen LogP contribution in [0.4, 0.5) is 13.2 Å². The van der Waals surface area contributed by atoms with Crippen LogP contribution in [0.5, 0.6) is 0 Å². The van der Waals surface area contributed by atoms with Crippen LogP contribution in [0.2, 0.25) is 0 Å². The molecule has 0 fully saturated rings. The number of carbonyl (C=O) groups is 1. The third-order valence-corrected chi connectivity index (χ3v) is 3.09. The van der Waals surface area contributed by atoms with Gasteiger partial charge in [-0.3, -0.25) is 4.79 Å². The quantitative estimate of drug-likeness (QED) is 0.740. The second kappa shape index (κ2) is 10.5. The van der Waals surface area contributed by atoms with E-state index in [0.717, 1.165) is 5.56 Å². The highest BCUT2D eigenvalue weighted by molar-refractivity contribution is 5.85. The zero-order valence-electron chi connectivity index (χ0n) is 13.7. The molecule has 3 N–H and O–H groups in total. The van der Waals surface area contributed by atoms with Crippen molar-refractivity contribution in [3.05, 3.63) is 35.4 Å². The van der Waals surface area contributed by atoms with Crippen LogP contribution < -0.4 is 11.1 Å². The zero-order valence-corrected chi connectivity index (χ0v) is 14.5. The van der Waals surface area contributed by atoms with Crippen LogP contribution in [-0.2, 0) is 22.7 Å². The summed E-state index contributed by atoms with van der Waals surface area (Å²) in [6, 6.07) is 6.28. The summed E-state index contributed by atoms with van der Waals surface area (Å²) < 4.78 is 40.5. The molecule has 1 amide bonds. The molecule has 0 radical (unpaired) electrons. The van der Waals surface area contributed by atoms with Crippen LogP contribution in [0, 0.1) is 5.92 Å². The lowest BCUT2D eigenvalue weighted by Crippen LogP contribution is -2.41. The average Bonchev–Trinajstić information content (AvgIpc) is 2.44. The van der Waals surface area contributed by atoms with Crippen LogP contribution in [0.3, 0.4) is 0 Å². The molecule has 0 heterocycles. The van der Waals surface area contributed by atoms with Gasteiger partial charge in [-0.2, -0.15) is 13.2 Å². The summed E-state index contributed by atoms with van der Waals surface area (Å²) in [5.74, 6) is 0.128. The molecule has 0 spiro atoms. The molecule has 1 atom stereocenters. The molecule has 4 nitrogen and oxygen atoms in total. The summed E-state index contributed by atoms with van der Waals surface area (Å²) in [6.07, 6.45) is -3.71. The van der Waals surface area contributed by atoms with Crippen LogP contribution in [0.1, 0.15) is 31.4 Å². The largest absolute Gasteiger partial charge is 0.411 e. The van der Waals surface area contributed by atoms with Gasteiger partial charge >= 0.3 is 6.18 Å². The Morgan fingerprint density at radius 3 is 2.25 bits per heavy atom. The van der Waals surface area contributed by atoms with E-state index in [1.54, 1.807) is 24.3 Å². The van der Waals surface area contributed by atoms with Gasteiger partial charge < -0.3 is 15.8 Å². The number of alkyl halides is 3. The molecule has 24 heavy (non-hydrogen) atoms. The predicted octanol–water partition coefficient (Wildman–Crippen LogP) is 3.18. The first-order valence-corrected chi connectivity index (χ1v) is 7.43. The van der Waals surface area contributed by atoms with E-state index >= 15 is 0 Å². The summed E-state index contributed by atoms with van der Waals surface area (Å²) in [4.78, 5) is 11.8. The Hall–Kier alpha value is -1.31. The number of ether oxygens (including phenoxy) is 1. The molecule has 0 saturated heterocycles. The number of rotatable bonds is 8. The van der Waals surface area contributed by atoms with Crippen LogP contribution >= 0.6 is 12.4 Å². The molecule has 0 aliphatic rings. The minimum Gasteiger partial charge on any atom is -0.367 e. The summed E-state index contributed by atoms with van der Waals surface area (Å²) in [7, 11) is 0. The van der Waals surface area contributed by atoms with Gasteiger partial charge in [-0.25, -0.2) is 0 Å². The van der Waals surface area contributed by atoms with Crippen molar-refractivity contribution < 1.29 is 22.7 Å². The number of hydrogen-bond donors (Lipinski definition) is 2. The number of hydrogen-bond acceptors (Lipinski definition) is 3. The molecule has 0 unspecified atom stereocenters. The minimum absolute atomic E-state index is 0. The normalized spacial score (nSPS) is 12.6. The molecular formula is C16H24ClF3N2O2. The van der Waals surface area contributed by atoms with E-state index in [1.165, 1.54) is 0 Å². The Labute approximate surface area is 146 Å². The molecule has 0 saturated carbocycles. The number of nitrogens with two attached hydrogens (primary N) is 1. The maximum Gasteiger partial charge on any atom is 0.411 e. The molecule has 0 aliphatic carbocycles. The third kappa shape index (κ3) is 9.75. The first-order chi connectivity index (χ1) is 10.7. The number of nitrogens with one attached hydrogen (secondary N) is 1. The van der Waals surface area contributed by atoms with Gasteiger partial charge in [0.05, 0.1) is 12.6 Å². The van der Waals surface area contributed by atoms with E-state index < -0.39 is 18.8 Å². The van der Waals surface area contributed by atoms with Gasteiger partial charge in [0, 0.05) is 6.54 Å². The second-order valence-electron chi connectivity index (χ2n) is 5.88. The third-order valence-electron chi connectivity index (χ3n) is 3.09. The molecule has 8 heteroatoms. The lowest BCUT2D eigenvalue weighted by molar-refractivity contribution is -0.176. The molecule has 1 aromatic carbocycles. The Bertz CT molecular complexity index is 493. The van der Waals surface area contributed by atoms with E-state index in [0.29, 0.717) is 24.4 Å². The van der Waals surface area contributed by atoms with Gasteiger partial charge in [0.15, 0.2) is 0 Å². The predicted molar refractivity (Wildman–Crippen MR) is 88.7 cm³/mol. The lowest BCUT2D eigenvalue weighted by atomic mass is 10.0. The maximum absolute atomic E-state index is 12.0. The van der Waals surface area contributed by atoms with E-state index in [-0.39, 0.29) is 24.9 Å². The fourth-order valence-electron chi connectivity index (χ4n) is 1.97. The number of carbonyl (C=O) groups excluding carboxylic acids is 1. The Morgan fingerprint density at radius 2 is 1.75 bits per heavy atom. The summed E-state index contributed by atoms with van der Waals surface area (Å²) in [5.41, 5.74) is 7.26. The summed E-state index contributed by atoms with van der Waals surface area (Å²) in [6.45, 7) is 2.94. The highest BCUT2D eigenvalue weighted by Crippen LogP contribution is 2.15. The van der Waals surface area contributed by atoms with Crippen molar-refractivity contribution in [3.63, 3.8) is 0 Å². The zero-order chi connectivity index (χ0) is 17.5. The maximum atomic E-state index is 12.0. The molecular weight excluding hydrogens is 345 g/mol. The fourth-order valence-corrected chi connectivity index (χ4v) is 1.97. The van der Waals surface area contributed by atoms with E-state index in [1.807, 2.05) is 13.8 Å². The van der Waals surface area contributed by atoms with Crippen molar-refractivity contribution in [1.29, 1.82) is 0 Å². The SMILES string of the molecule is CC(C)C[C@H](N)C(=O)NCc1ccc(COCC(F)(F)F)cc1.Cl. The Kier molecular flexibility index (Phi) is 9.96. The molecule has 1 aromatic rings. The van der Waals surface area contributed by atoms with Crippen LogP contribution in [-0.4, -0.2) is 24.7 Å². The highest BCUT2D eigenvalue weighted by atomic mass is 35.5. The van der Waals surface area contributed by atoms with Gasteiger partial charge in [-0.05, 0) is 23.5 Å². The molecule has 0 aromatic heterocycles. The standard InChI is InChI=1S/C16H23F3N2O2.ClH/c1-11(2)7-14(20)15(22)21-8-12-3-5-13(6-4-12)9-23-10-16(17,18)19;/h3-6,11,14H,7-10,20H2,1-2H3,(H,21,22);1H/t14-;/m0./s1. The Morgan fingerprint density at radius 1 is 1.21 bits per heavy atom. The van der Waals surface area contributed by atoms with Crippen molar-refractivity contribution in [2.75, 3.05) is 6.61 Å². The molecule has 0 bridgehead atoms. The Balaban J connectivity index is 0.00000529. The minimum atomic E-state index is -4.32. The second-order valence-corrected chi connectivity index (χ2v) is 5.88. The van der Waals surface area contributed by atoms with Crippen molar-refractivity contribution in [3.8, 4) is 0 Å². The van der Waals surface area contributed by atoms with Gasteiger partial charge in [0.25, 0.3) is 0 Å². The number of amides is 1. The van der Waals surface area contributed by atoms with Gasteiger partial charge in [0.1, 0.15) is 6.61 Å². The first-order valence-electron chi connectivity index (χ1n) is 7.43. The first kappa shape index (κ1) is 22.7. The summed E-state index contributed by atoms with van der Waals surface area (Å²) >= 11 is 0. The van der Waals surface area contributed by atoms with Crippen LogP contribution in [0.15, 0.2) is 24.3 Å². The fraction of sp³-hybridized carbons (Fsp3) is 0.562. The lowest BCUT2D eigenvalue weighted by Gasteiger charge is -2.14. The number of halogens is 4. The molecule has 0 aliphatic heterocycles. The number of benzene rings is 1. The molecule has 138 valence electrons. The highest BCUT2D eigenvalue weighted by Gasteiger charge is 2.27. The molecule has 1 rings (SSSR count). The van der Waals surface area contributed by atoms with E-state index in [2.05, 4.69) is 10.1 Å². The van der Waals surface area contributed by atoms with Crippen molar-refractivity contribution >= 4 is 18.3 Å². The smallest absolute Gasteiger partial charge is 0.367 e. The van der Waals surface area contributed by atoms with E-state index in [9.17, 15) is 18.0 Å². The van der Waals surface area contributed by atoms with Crippen LogP contribution in [0.25, 0.3) is 0 Å². The summed E-state index contributed by atoms with van der Waals surface area (Å²) in [5, 5.41) is 2.74.